The number of hydrogen-bond acceptors (Lipinski definition) is 8. The lowest BCUT2D eigenvalue weighted by molar-refractivity contribution is -0.126. The number of aliphatic hydroxyl groups is 1. The molecule has 0 aromatic carbocycles. The van der Waals surface area contributed by atoms with Crippen LogP contribution in [-0.4, -0.2) is 62.6 Å². The fraction of sp³-hybridized carbons (Fsp3) is 0.500. The smallest absolute Gasteiger partial charge is 0.391 e. The van der Waals surface area contributed by atoms with Gasteiger partial charge in [0.25, 0.3) is 0 Å². The van der Waals surface area contributed by atoms with Crippen LogP contribution < -0.4 is 16.0 Å². The first-order valence-corrected chi connectivity index (χ1v) is 13.5. The second-order valence-electron chi connectivity index (χ2n) is 9.69. The number of likely N-dealkylation sites (N-methyl/N-ethyl adjacent to an activating group) is 1. The van der Waals surface area contributed by atoms with Crippen LogP contribution in [0.25, 0.3) is 15.9 Å². The number of allylic oxidation sites excluding steroid dienone is 3. The Morgan fingerprint density at radius 3 is 2.79 bits per heavy atom. The Morgan fingerprint density at radius 2 is 2.11 bits per heavy atom. The number of halogens is 3. The molecule has 8 nitrogen and oxygen atoms in total. The fourth-order valence-corrected chi connectivity index (χ4v) is 5.91. The molecule has 38 heavy (non-hydrogen) atoms. The number of thiophene rings is 1. The van der Waals surface area contributed by atoms with Gasteiger partial charge in [-0.25, -0.2) is 9.97 Å². The van der Waals surface area contributed by atoms with Crippen molar-refractivity contribution in [3.8, 4) is 0 Å². The molecule has 0 spiro atoms. The van der Waals surface area contributed by atoms with E-state index in [2.05, 4.69) is 39.3 Å². The first kappa shape index (κ1) is 28.1. The zero-order chi connectivity index (χ0) is 27.4. The van der Waals surface area contributed by atoms with Crippen molar-refractivity contribution in [1.29, 1.82) is 0 Å². The van der Waals surface area contributed by atoms with Crippen LogP contribution in [0.15, 0.2) is 42.5 Å². The largest absolute Gasteiger partial charge is 0.393 e. The van der Waals surface area contributed by atoms with Gasteiger partial charge in [0.1, 0.15) is 10.6 Å². The molecule has 3 aromatic rings. The van der Waals surface area contributed by atoms with Crippen LogP contribution in [0.1, 0.15) is 44.4 Å². The molecule has 3 heterocycles. The molecule has 4 rings (SSSR count). The molecule has 1 aliphatic carbocycles. The van der Waals surface area contributed by atoms with Crippen LogP contribution in [0.4, 0.5) is 24.9 Å². The van der Waals surface area contributed by atoms with Gasteiger partial charge in [-0.15, -0.1) is 11.3 Å². The average molecular weight is 550 g/mol. The highest BCUT2D eigenvalue weighted by Crippen LogP contribution is 2.36. The SMILES string of the molecule is CC/C(=C\C/C=C(\C)n1ccnc1)CNC1CC(O)C(N(C)c2nc(N)nc3sc(CC(F)(F)F)cc23)C1. The molecule has 0 saturated heterocycles. The first-order chi connectivity index (χ1) is 18.0. The minimum atomic E-state index is -4.31. The van der Waals surface area contributed by atoms with Crippen molar-refractivity contribution in [2.24, 2.45) is 0 Å². The second kappa shape index (κ2) is 11.8. The molecule has 3 atom stereocenters. The van der Waals surface area contributed by atoms with E-state index in [0.717, 1.165) is 36.4 Å². The van der Waals surface area contributed by atoms with E-state index in [4.69, 9.17) is 5.73 Å². The number of nitrogens with zero attached hydrogens (tertiary/aromatic N) is 5. The number of fused-ring (bicyclic) bond motifs is 1. The van der Waals surface area contributed by atoms with Crippen LogP contribution >= 0.6 is 11.3 Å². The van der Waals surface area contributed by atoms with E-state index < -0.39 is 18.7 Å². The number of rotatable bonds is 10. The summed E-state index contributed by atoms with van der Waals surface area (Å²) >= 11 is 0.967. The minimum Gasteiger partial charge on any atom is -0.391 e. The van der Waals surface area contributed by atoms with Gasteiger partial charge >= 0.3 is 6.18 Å². The van der Waals surface area contributed by atoms with Gasteiger partial charge in [0.2, 0.25) is 5.95 Å². The topological polar surface area (TPSA) is 105 Å². The second-order valence-corrected chi connectivity index (χ2v) is 10.8. The number of alkyl halides is 3. The van der Waals surface area contributed by atoms with E-state index in [0.29, 0.717) is 28.9 Å². The predicted octanol–water partition coefficient (Wildman–Crippen LogP) is 4.78. The standard InChI is InChI=1S/C26H34F3N7OS/c1-4-17(7-5-6-16(2)36-9-8-31-15-36)14-32-18-10-21(22(37)11-18)35(3)23-20-12-19(13-26(27,28)29)38-24(20)34-25(30)33-23/h6-9,12,15,18,21-22,32,37H,4-5,10-11,13-14H2,1-3H3,(H2,30,33,34)/b16-6+,17-7+. The summed E-state index contributed by atoms with van der Waals surface area (Å²) in [7, 11) is 1.80. The molecule has 0 amide bonds. The third kappa shape index (κ3) is 6.91. The molecule has 3 aromatic heterocycles. The molecule has 1 aliphatic rings. The first-order valence-electron chi connectivity index (χ1n) is 12.6. The maximum atomic E-state index is 13.0. The van der Waals surface area contributed by atoms with Gasteiger partial charge in [0.15, 0.2) is 0 Å². The summed E-state index contributed by atoms with van der Waals surface area (Å²) in [6.07, 6.45) is 6.82. The van der Waals surface area contributed by atoms with E-state index in [1.54, 1.807) is 19.6 Å². The van der Waals surface area contributed by atoms with Crippen LogP contribution in [0.5, 0.6) is 0 Å². The van der Waals surface area contributed by atoms with E-state index in [-0.39, 0.29) is 22.9 Å². The Hall–Kier alpha value is -2.96. The Labute approximate surface area is 224 Å². The summed E-state index contributed by atoms with van der Waals surface area (Å²) in [5.41, 5.74) is 8.29. The van der Waals surface area contributed by atoms with E-state index in [9.17, 15) is 18.3 Å². The van der Waals surface area contributed by atoms with Gasteiger partial charge in [-0.1, -0.05) is 24.6 Å². The number of nitrogen functional groups attached to an aromatic ring is 1. The summed E-state index contributed by atoms with van der Waals surface area (Å²) in [4.78, 5) is 14.9. The van der Waals surface area contributed by atoms with Gasteiger partial charge in [-0.3, -0.25) is 0 Å². The Morgan fingerprint density at radius 1 is 1.32 bits per heavy atom. The quantitative estimate of drug-likeness (QED) is 0.313. The molecular weight excluding hydrogens is 515 g/mol. The molecule has 1 saturated carbocycles. The molecule has 12 heteroatoms. The normalized spacial score (nSPS) is 21.0. The summed E-state index contributed by atoms with van der Waals surface area (Å²) < 4.78 is 40.8. The molecule has 0 aliphatic heterocycles. The Kier molecular flexibility index (Phi) is 8.74. The summed E-state index contributed by atoms with van der Waals surface area (Å²) in [6, 6.07) is 1.32. The van der Waals surface area contributed by atoms with Crippen LogP contribution in [0, 0.1) is 0 Å². The van der Waals surface area contributed by atoms with E-state index in [1.165, 1.54) is 11.6 Å². The Bertz CT molecular complexity index is 1290. The van der Waals surface area contributed by atoms with Crippen LogP contribution in [0.3, 0.4) is 0 Å². The zero-order valence-corrected chi connectivity index (χ0v) is 22.6. The number of hydrogen-bond donors (Lipinski definition) is 3. The zero-order valence-electron chi connectivity index (χ0n) is 21.7. The van der Waals surface area contributed by atoms with Gasteiger partial charge in [0, 0.05) is 42.6 Å². The van der Waals surface area contributed by atoms with Crippen molar-refractivity contribution < 1.29 is 18.3 Å². The van der Waals surface area contributed by atoms with Crippen LogP contribution in [0.2, 0.25) is 0 Å². The van der Waals surface area contributed by atoms with E-state index >= 15 is 0 Å². The third-order valence-corrected chi connectivity index (χ3v) is 7.98. The number of aliphatic hydroxyl groups excluding tert-OH is 1. The third-order valence-electron chi connectivity index (χ3n) is 6.95. The number of imidazole rings is 1. The van der Waals surface area contributed by atoms with Gasteiger partial charge in [-0.05, 0) is 38.7 Å². The summed E-state index contributed by atoms with van der Waals surface area (Å²) in [6.45, 7) is 4.89. The molecule has 0 radical (unpaired) electrons. The van der Waals surface area contributed by atoms with Crippen molar-refractivity contribution in [2.75, 3.05) is 24.2 Å². The summed E-state index contributed by atoms with van der Waals surface area (Å²) in [5, 5.41) is 15.0. The van der Waals surface area contributed by atoms with Gasteiger partial charge in [0.05, 0.1) is 30.3 Å². The summed E-state index contributed by atoms with van der Waals surface area (Å²) in [5.74, 6) is 0.438. The minimum absolute atomic E-state index is 0.00281. The van der Waals surface area contributed by atoms with Gasteiger partial charge in [-0.2, -0.15) is 18.2 Å². The molecule has 1 fully saturated rings. The van der Waals surface area contributed by atoms with Crippen molar-refractivity contribution in [1.82, 2.24) is 24.8 Å². The Balaban J connectivity index is 1.40. The molecule has 206 valence electrons. The fourth-order valence-electron chi connectivity index (χ4n) is 4.85. The van der Waals surface area contributed by atoms with Crippen molar-refractivity contribution in [3.63, 3.8) is 0 Å². The molecule has 4 N–H and O–H groups in total. The highest BCUT2D eigenvalue weighted by Gasteiger charge is 2.37. The lowest BCUT2D eigenvalue weighted by Gasteiger charge is -2.28. The number of aromatic nitrogens is 4. The lowest BCUT2D eigenvalue weighted by atomic mass is 10.1. The maximum absolute atomic E-state index is 13.0. The molecule has 3 unspecified atom stereocenters. The highest BCUT2D eigenvalue weighted by atomic mass is 32.1. The average Bonchev–Trinajstić information content (AvgIpc) is 3.59. The molecule has 0 bridgehead atoms. The monoisotopic (exact) mass is 549 g/mol. The van der Waals surface area contributed by atoms with Crippen molar-refractivity contribution in [3.05, 3.63) is 47.4 Å². The van der Waals surface area contributed by atoms with Crippen molar-refractivity contribution in [2.45, 2.75) is 70.3 Å². The number of anilines is 2. The number of nitrogens with one attached hydrogen (secondary N) is 1. The number of nitrogens with two attached hydrogens (primary N) is 1. The van der Waals surface area contributed by atoms with Crippen molar-refractivity contribution >= 4 is 39.0 Å². The van der Waals surface area contributed by atoms with Crippen LogP contribution in [-0.2, 0) is 6.42 Å². The van der Waals surface area contributed by atoms with Gasteiger partial charge < -0.3 is 25.6 Å². The predicted molar refractivity (Wildman–Crippen MR) is 146 cm³/mol. The highest BCUT2D eigenvalue weighted by molar-refractivity contribution is 7.18. The lowest BCUT2D eigenvalue weighted by Crippen LogP contribution is -2.38. The molecular formula is C26H34F3N7OS. The maximum Gasteiger partial charge on any atom is 0.393 e. The van der Waals surface area contributed by atoms with E-state index in [1.807, 2.05) is 22.6 Å².